The van der Waals surface area contributed by atoms with Crippen LogP contribution in [0.15, 0.2) is 48.8 Å². The fourth-order valence-electron chi connectivity index (χ4n) is 2.72. The third kappa shape index (κ3) is 3.22. The minimum absolute atomic E-state index is 0.619. The number of pyridine rings is 2. The molecule has 23 heavy (non-hydrogen) atoms. The number of aryl methyl sites for hydroxylation is 1. The van der Waals surface area contributed by atoms with Crippen molar-refractivity contribution >= 4 is 10.9 Å². The second-order valence-electron chi connectivity index (χ2n) is 6.14. The van der Waals surface area contributed by atoms with E-state index in [0.29, 0.717) is 11.5 Å². The molecule has 0 amide bonds. The van der Waals surface area contributed by atoms with Crippen molar-refractivity contribution in [1.82, 2.24) is 9.97 Å². The Balaban J connectivity index is 2.19. The molecule has 0 aliphatic rings. The van der Waals surface area contributed by atoms with E-state index in [-0.39, 0.29) is 0 Å². The summed E-state index contributed by atoms with van der Waals surface area (Å²) in [6, 6.07) is 14.2. The molecular weight excluding hydrogens is 282 g/mol. The van der Waals surface area contributed by atoms with Crippen LogP contribution in [0, 0.1) is 17.2 Å². The molecule has 0 unspecified atom stereocenters. The lowest BCUT2D eigenvalue weighted by atomic mass is 9.98. The van der Waals surface area contributed by atoms with Crippen LogP contribution in [0.5, 0.6) is 0 Å². The highest BCUT2D eigenvalue weighted by Gasteiger charge is 2.11. The topological polar surface area (TPSA) is 49.6 Å². The Bertz CT molecular complexity index is 861. The van der Waals surface area contributed by atoms with E-state index in [4.69, 9.17) is 4.98 Å². The standard InChI is InChI=1S/C20H19N3/c1-14(2)6-7-17-12-16(13-21)19-5-3-4-18(20(19)23-17)15-8-10-22-11-9-15/h3-5,8-12,14H,6-7H2,1-2H3. The van der Waals surface area contributed by atoms with E-state index in [2.05, 4.69) is 31.0 Å². The van der Waals surface area contributed by atoms with Crippen LogP contribution in [-0.4, -0.2) is 9.97 Å². The summed E-state index contributed by atoms with van der Waals surface area (Å²) in [6.45, 7) is 4.41. The van der Waals surface area contributed by atoms with Crippen molar-refractivity contribution in [3.63, 3.8) is 0 Å². The monoisotopic (exact) mass is 301 g/mol. The van der Waals surface area contributed by atoms with E-state index in [0.717, 1.165) is 40.6 Å². The van der Waals surface area contributed by atoms with Crippen LogP contribution in [0.1, 0.15) is 31.5 Å². The first-order valence-electron chi connectivity index (χ1n) is 7.92. The summed E-state index contributed by atoms with van der Waals surface area (Å²) in [5.74, 6) is 0.619. The number of fused-ring (bicyclic) bond motifs is 1. The number of hydrogen-bond acceptors (Lipinski definition) is 3. The van der Waals surface area contributed by atoms with E-state index >= 15 is 0 Å². The summed E-state index contributed by atoms with van der Waals surface area (Å²) in [4.78, 5) is 8.94. The molecule has 3 nitrogen and oxygen atoms in total. The van der Waals surface area contributed by atoms with Crippen LogP contribution in [0.3, 0.4) is 0 Å². The van der Waals surface area contributed by atoms with Crippen LogP contribution in [-0.2, 0) is 6.42 Å². The number of benzene rings is 1. The van der Waals surface area contributed by atoms with E-state index in [9.17, 15) is 5.26 Å². The number of nitrogens with zero attached hydrogens (tertiary/aromatic N) is 3. The van der Waals surface area contributed by atoms with Crippen LogP contribution in [0.4, 0.5) is 0 Å². The first-order valence-corrected chi connectivity index (χ1v) is 7.92. The third-order valence-electron chi connectivity index (χ3n) is 3.98. The van der Waals surface area contributed by atoms with Gasteiger partial charge in [0.15, 0.2) is 0 Å². The molecule has 0 saturated heterocycles. The maximum absolute atomic E-state index is 9.51. The summed E-state index contributed by atoms with van der Waals surface area (Å²) >= 11 is 0. The zero-order valence-corrected chi connectivity index (χ0v) is 13.5. The van der Waals surface area contributed by atoms with Crippen molar-refractivity contribution < 1.29 is 0 Å². The van der Waals surface area contributed by atoms with Gasteiger partial charge < -0.3 is 0 Å². The molecule has 1 aromatic carbocycles. The molecule has 114 valence electrons. The lowest BCUT2D eigenvalue weighted by Crippen LogP contribution is -1.98. The number of rotatable bonds is 4. The Kier molecular flexibility index (Phi) is 4.34. The number of nitriles is 1. The van der Waals surface area contributed by atoms with E-state index in [1.54, 1.807) is 12.4 Å². The second kappa shape index (κ2) is 6.58. The summed E-state index contributed by atoms with van der Waals surface area (Å²) in [6.07, 6.45) is 5.53. The molecular formula is C20H19N3. The van der Waals surface area contributed by atoms with Gasteiger partial charge in [-0.05, 0) is 42.5 Å². The Morgan fingerprint density at radius 2 is 1.91 bits per heavy atom. The molecule has 0 saturated carbocycles. The molecule has 3 heteroatoms. The predicted molar refractivity (Wildman–Crippen MR) is 92.8 cm³/mol. The van der Waals surface area contributed by atoms with Crippen molar-refractivity contribution in [3.05, 3.63) is 60.0 Å². The average Bonchev–Trinajstić information content (AvgIpc) is 2.59. The third-order valence-corrected chi connectivity index (χ3v) is 3.98. The van der Waals surface area contributed by atoms with Gasteiger partial charge in [-0.2, -0.15) is 5.26 Å². The van der Waals surface area contributed by atoms with Crippen molar-refractivity contribution in [2.24, 2.45) is 5.92 Å². The zero-order valence-electron chi connectivity index (χ0n) is 13.5. The van der Waals surface area contributed by atoms with Crippen molar-refractivity contribution in [2.45, 2.75) is 26.7 Å². The van der Waals surface area contributed by atoms with E-state index < -0.39 is 0 Å². The Morgan fingerprint density at radius 1 is 1.13 bits per heavy atom. The van der Waals surface area contributed by atoms with Gasteiger partial charge >= 0.3 is 0 Å². The zero-order chi connectivity index (χ0) is 16.2. The van der Waals surface area contributed by atoms with Gasteiger partial charge in [0.05, 0.1) is 17.1 Å². The fraction of sp³-hybridized carbons (Fsp3) is 0.250. The molecule has 0 bridgehead atoms. The Morgan fingerprint density at radius 3 is 2.61 bits per heavy atom. The van der Waals surface area contributed by atoms with Gasteiger partial charge in [-0.3, -0.25) is 9.97 Å². The van der Waals surface area contributed by atoms with E-state index in [1.165, 1.54) is 0 Å². The minimum atomic E-state index is 0.619. The average molecular weight is 301 g/mol. The first-order chi connectivity index (χ1) is 11.2. The molecule has 3 aromatic rings. The molecule has 0 aliphatic heterocycles. The van der Waals surface area contributed by atoms with Crippen molar-refractivity contribution in [3.8, 4) is 17.2 Å². The van der Waals surface area contributed by atoms with Gasteiger partial charge in [0, 0.05) is 29.0 Å². The quantitative estimate of drug-likeness (QED) is 0.698. The maximum Gasteiger partial charge on any atom is 0.0999 e. The van der Waals surface area contributed by atoms with Crippen molar-refractivity contribution in [2.75, 3.05) is 0 Å². The van der Waals surface area contributed by atoms with Crippen LogP contribution in [0.25, 0.3) is 22.0 Å². The minimum Gasteiger partial charge on any atom is -0.265 e. The van der Waals surface area contributed by atoms with E-state index in [1.807, 2.05) is 30.3 Å². The largest absolute Gasteiger partial charge is 0.265 e. The molecule has 0 aliphatic carbocycles. The predicted octanol–water partition coefficient (Wildman–Crippen LogP) is 4.76. The second-order valence-corrected chi connectivity index (χ2v) is 6.14. The number of para-hydroxylation sites is 1. The van der Waals surface area contributed by atoms with Gasteiger partial charge in [-0.1, -0.05) is 32.0 Å². The molecule has 0 atom stereocenters. The smallest absolute Gasteiger partial charge is 0.0999 e. The summed E-state index contributed by atoms with van der Waals surface area (Å²) < 4.78 is 0. The molecule has 2 heterocycles. The van der Waals surface area contributed by atoms with Crippen LogP contribution >= 0.6 is 0 Å². The lowest BCUT2D eigenvalue weighted by molar-refractivity contribution is 0.582. The lowest BCUT2D eigenvalue weighted by Gasteiger charge is -2.10. The summed E-state index contributed by atoms with van der Waals surface area (Å²) in [5, 5.41) is 10.4. The Hall–Kier alpha value is -2.73. The molecule has 2 aromatic heterocycles. The molecule has 3 rings (SSSR count). The molecule has 0 N–H and O–H groups in total. The maximum atomic E-state index is 9.51. The van der Waals surface area contributed by atoms with Gasteiger partial charge in [0.25, 0.3) is 0 Å². The summed E-state index contributed by atoms with van der Waals surface area (Å²) in [5.41, 5.74) is 4.71. The first kappa shape index (κ1) is 15.2. The normalized spacial score (nSPS) is 10.9. The highest BCUT2D eigenvalue weighted by Crippen LogP contribution is 2.29. The Labute approximate surface area is 136 Å². The molecule has 0 fully saturated rings. The van der Waals surface area contributed by atoms with Crippen LogP contribution in [0.2, 0.25) is 0 Å². The van der Waals surface area contributed by atoms with Crippen molar-refractivity contribution in [1.29, 1.82) is 5.26 Å². The SMILES string of the molecule is CC(C)CCc1cc(C#N)c2cccc(-c3ccncc3)c2n1. The van der Waals surface area contributed by atoms with Gasteiger partial charge in [0.2, 0.25) is 0 Å². The summed E-state index contributed by atoms with van der Waals surface area (Å²) in [7, 11) is 0. The molecule has 0 radical (unpaired) electrons. The van der Waals surface area contributed by atoms with Gasteiger partial charge in [-0.25, -0.2) is 0 Å². The van der Waals surface area contributed by atoms with Gasteiger partial charge in [-0.15, -0.1) is 0 Å². The van der Waals surface area contributed by atoms with Crippen LogP contribution < -0.4 is 0 Å². The highest BCUT2D eigenvalue weighted by atomic mass is 14.7. The fourth-order valence-corrected chi connectivity index (χ4v) is 2.72. The number of aromatic nitrogens is 2. The molecule has 0 spiro atoms. The highest BCUT2D eigenvalue weighted by molar-refractivity contribution is 5.96. The van der Waals surface area contributed by atoms with Gasteiger partial charge in [0.1, 0.15) is 0 Å². The number of hydrogen-bond donors (Lipinski definition) is 0.